The predicted molar refractivity (Wildman–Crippen MR) is 75.6 cm³/mol. The molecular formula is C12H9Br2NS. The molecule has 4 heteroatoms. The minimum Gasteiger partial charge on any atom is -0.263 e. The second-order valence-electron chi connectivity index (χ2n) is 3.23. The number of aromatic nitrogens is 1. The van der Waals surface area contributed by atoms with Crippen LogP contribution in [0.4, 0.5) is 0 Å². The lowest BCUT2D eigenvalue weighted by atomic mass is 10.3. The number of nitrogens with zero attached hydrogens (tertiary/aromatic N) is 1. The Morgan fingerprint density at radius 2 is 1.94 bits per heavy atom. The number of benzene rings is 1. The Morgan fingerprint density at radius 3 is 2.69 bits per heavy atom. The highest BCUT2D eigenvalue weighted by Gasteiger charge is 2.00. The zero-order valence-electron chi connectivity index (χ0n) is 8.36. The molecule has 16 heavy (non-hydrogen) atoms. The van der Waals surface area contributed by atoms with E-state index in [1.165, 1.54) is 10.5 Å². The van der Waals surface area contributed by atoms with Gasteiger partial charge < -0.3 is 0 Å². The molecule has 0 aliphatic rings. The van der Waals surface area contributed by atoms with Gasteiger partial charge in [-0.25, -0.2) is 0 Å². The number of pyridine rings is 1. The van der Waals surface area contributed by atoms with Crippen LogP contribution < -0.4 is 0 Å². The minimum absolute atomic E-state index is 0.926. The SMILES string of the molecule is Brc1cncc(CSc2ccccc2Br)c1. The molecule has 0 N–H and O–H groups in total. The van der Waals surface area contributed by atoms with Crippen molar-refractivity contribution in [3.05, 3.63) is 57.2 Å². The summed E-state index contributed by atoms with van der Waals surface area (Å²) >= 11 is 8.76. The molecule has 0 saturated carbocycles. The van der Waals surface area contributed by atoms with Gasteiger partial charge in [0.05, 0.1) is 0 Å². The van der Waals surface area contributed by atoms with E-state index in [0.29, 0.717) is 0 Å². The number of halogens is 2. The first-order valence-corrected chi connectivity index (χ1v) is 7.29. The third kappa shape index (κ3) is 3.34. The van der Waals surface area contributed by atoms with Crippen LogP contribution in [0, 0.1) is 0 Å². The average molecular weight is 359 g/mol. The van der Waals surface area contributed by atoms with Gasteiger partial charge in [-0.2, -0.15) is 0 Å². The summed E-state index contributed by atoms with van der Waals surface area (Å²) in [6.45, 7) is 0. The van der Waals surface area contributed by atoms with E-state index in [2.05, 4.69) is 55.0 Å². The van der Waals surface area contributed by atoms with E-state index in [0.717, 1.165) is 14.7 Å². The Morgan fingerprint density at radius 1 is 1.12 bits per heavy atom. The van der Waals surface area contributed by atoms with Crippen LogP contribution in [-0.4, -0.2) is 4.98 Å². The first-order chi connectivity index (χ1) is 7.75. The maximum atomic E-state index is 4.15. The van der Waals surface area contributed by atoms with Crippen molar-refractivity contribution in [1.29, 1.82) is 0 Å². The standard InChI is InChI=1S/C12H9Br2NS/c13-10-5-9(6-15-7-10)8-16-12-4-2-1-3-11(12)14/h1-7H,8H2. The van der Waals surface area contributed by atoms with Crippen molar-refractivity contribution in [1.82, 2.24) is 4.98 Å². The summed E-state index contributed by atoms with van der Waals surface area (Å²) in [6.07, 6.45) is 3.70. The Hall–Kier alpha value is -0.320. The monoisotopic (exact) mass is 357 g/mol. The van der Waals surface area contributed by atoms with Crippen LogP contribution in [0.2, 0.25) is 0 Å². The molecular weight excluding hydrogens is 350 g/mol. The van der Waals surface area contributed by atoms with Crippen molar-refractivity contribution >= 4 is 43.6 Å². The van der Waals surface area contributed by atoms with Gasteiger partial charge in [-0.1, -0.05) is 12.1 Å². The summed E-state index contributed by atoms with van der Waals surface area (Å²) in [5.74, 6) is 0.926. The van der Waals surface area contributed by atoms with Gasteiger partial charge in [0.2, 0.25) is 0 Å². The minimum atomic E-state index is 0.926. The van der Waals surface area contributed by atoms with Gasteiger partial charge in [0.15, 0.2) is 0 Å². The molecule has 1 aromatic carbocycles. The van der Waals surface area contributed by atoms with Crippen LogP contribution in [-0.2, 0) is 5.75 Å². The second kappa shape index (κ2) is 5.84. The molecule has 0 spiro atoms. The molecule has 0 bridgehead atoms. The van der Waals surface area contributed by atoms with Gasteiger partial charge in [-0.3, -0.25) is 4.98 Å². The summed E-state index contributed by atoms with van der Waals surface area (Å²) in [5, 5.41) is 0. The van der Waals surface area contributed by atoms with Crippen LogP contribution in [0.15, 0.2) is 56.6 Å². The maximum absolute atomic E-state index is 4.15. The van der Waals surface area contributed by atoms with Crippen LogP contribution >= 0.6 is 43.6 Å². The van der Waals surface area contributed by atoms with Crippen LogP contribution in [0.3, 0.4) is 0 Å². The fraction of sp³-hybridized carbons (Fsp3) is 0.0833. The van der Waals surface area contributed by atoms with Gasteiger partial charge in [0.25, 0.3) is 0 Å². The Bertz CT molecular complexity index is 488. The number of hydrogen-bond donors (Lipinski definition) is 0. The summed E-state index contributed by atoms with van der Waals surface area (Å²) in [6, 6.07) is 10.3. The predicted octanol–water partition coefficient (Wildman–Crippen LogP) is 4.90. The highest BCUT2D eigenvalue weighted by Crippen LogP contribution is 2.29. The van der Waals surface area contributed by atoms with Gasteiger partial charge in [-0.05, 0) is 55.6 Å². The molecule has 1 aromatic heterocycles. The van der Waals surface area contributed by atoms with Crippen molar-refractivity contribution in [2.45, 2.75) is 10.6 Å². The zero-order chi connectivity index (χ0) is 11.4. The van der Waals surface area contributed by atoms with E-state index >= 15 is 0 Å². The maximum Gasteiger partial charge on any atom is 0.0410 e. The molecule has 1 nitrogen and oxygen atoms in total. The lowest BCUT2D eigenvalue weighted by Gasteiger charge is -2.04. The third-order valence-electron chi connectivity index (χ3n) is 1.99. The van der Waals surface area contributed by atoms with E-state index in [1.54, 1.807) is 18.0 Å². The molecule has 0 radical (unpaired) electrons. The molecule has 2 rings (SSSR count). The average Bonchev–Trinajstić information content (AvgIpc) is 2.28. The highest BCUT2D eigenvalue weighted by molar-refractivity contribution is 9.10. The molecule has 1 heterocycles. The lowest BCUT2D eigenvalue weighted by molar-refractivity contribution is 1.23. The van der Waals surface area contributed by atoms with Crippen LogP contribution in [0.5, 0.6) is 0 Å². The molecule has 0 saturated heterocycles. The van der Waals surface area contributed by atoms with E-state index in [9.17, 15) is 0 Å². The Labute approximate surface area is 116 Å². The van der Waals surface area contributed by atoms with E-state index in [4.69, 9.17) is 0 Å². The van der Waals surface area contributed by atoms with E-state index in [1.807, 2.05) is 18.3 Å². The largest absolute Gasteiger partial charge is 0.263 e. The normalized spacial score (nSPS) is 10.4. The molecule has 0 fully saturated rings. The topological polar surface area (TPSA) is 12.9 Å². The summed E-state index contributed by atoms with van der Waals surface area (Å²) in [5.41, 5.74) is 1.22. The van der Waals surface area contributed by atoms with Crippen molar-refractivity contribution in [3.63, 3.8) is 0 Å². The van der Waals surface area contributed by atoms with Crippen molar-refractivity contribution in [2.75, 3.05) is 0 Å². The first kappa shape index (κ1) is 12.1. The Kier molecular flexibility index (Phi) is 4.44. The number of hydrogen-bond acceptors (Lipinski definition) is 2. The fourth-order valence-corrected chi connectivity index (χ4v) is 3.16. The van der Waals surface area contributed by atoms with Crippen LogP contribution in [0.25, 0.3) is 0 Å². The zero-order valence-corrected chi connectivity index (χ0v) is 12.3. The molecule has 82 valence electrons. The highest BCUT2D eigenvalue weighted by atomic mass is 79.9. The van der Waals surface area contributed by atoms with Crippen LogP contribution in [0.1, 0.15) is 5.56 Å². The lowest BCUT2D eigenvalue weighted by Crippen LogP contribution is -1.83. The molecule has 0 amide bonds. The van der Waals surface area contributed by atoms with E-state index in [-0.39, 0.29) is 0 Å². The summed E-state index contributed by atoms with van der Waals surface area (Å²) < 4.78 is 2.17. The third-order valence-corrected chi connectivity index (χ3v) is 4.52. The molecule has 2 aromatic rings. The second-order valence-corrected chi connectivity index (χ2v) is 6.02. The molecule has 0 aliphatic carbocycles. The van der Waals surface area contributed by atoms with Crippen molar-refractivity contribution in [2.24, 2.45) is 0 Å². The van der Waals surface area contributed by atoms with Gasteiger partial charge >= 0.3 is 0 Å². The Balaban J connectivity index is 2.05. The first-order valence-electron chi connectivity index (χ1n) is 4.72. The molecule has 0 atom stereocenters. The van der Waals surface area contributed by atoms with Gasteiger partial charge in [0.1, 0.15) is 0 Å². The quantitative estimate of drug-likeness (QED) is 0.724. The van der Waals surface area contributed by atoms with Crippen molar-refractivity contribution < 1.29 is 0 Å². The van der Waals surface area contributed by atoms with E-state index < -0.39 is 0 Å². The number of rotatable bonds is 3. The fourth-order valence-electron chi connectivity index (χ4n) is 1.26. The smallest absolute Gasteiger partial charge is 0.0410 e. The van der Waals surface area contributed by atoms with Gasteiger partial charge in [0, 0.05) is 32.0 Å². The van der Waals surface area contributed by atoms with Gasteiger partial charge in [-0.15, -0.1) is 11.8 Å². The number of thioether (sulfide) groups is 1. The summed E-state index contributed by atoms with van der Waals surface area (Å²) in [7, 11) is 0. The molecule has 0 aliphatic heterocycles. The summed E-state index contributed by atoms with van der Waals surface area (Å²) in [4.78, 5) is 5.40. The molecule has 0 unspecified atom stereocenters. The van der Waals surface area contributed by atoms with Crippen molar-refractivity contribution in [3.8, 4) is 0 Å².